The van der Waals surface area contributed by atoms with Gasteiger partial charge in [-0.1, -0.05) is 55.5 Å². The van der Waals surface area contributed by atoms with Crippen molar-refractivity contribution in [2.24, 2.45) is 0 Å². The third-order valence-corrected chi connectivity index (χ3v) is 3.91. The number of benzene rings is 1. The number of nitrogens with one attached hydrogen (secondary N) is 1. The fourth-order valence-corrected chi connectivity index (χ4v) is 2.58. The van der Waals surface area contributed by atoms with Gasteiger partial charge in [0.15, 0.2) is 0 Å². The Balaban J connectivity index is 2.09. The summed E-state index contributed by atoms with van der Waals surface area (Å²) in [6.45, 7) is 4.03. The second-order valence-corrected chi connectivity index (χ2v) is 5.28. The molecule has 5 heteroatoms. The van der Waals surface area contributed by atoms with Crippen LogP contribution in [0.1, 0.15) is 36.8 Å². The molecular formula is C14H17N3OS. The van der Waals surface area contributed by atoms with Crippen LogP contribution < -0.4 is 5.32 Å². The van der Waals surface area contributed by atoms with E-state index in [1.54, 1.807) is 0 Å². The van der Waals surface area contributed by atoms with Crippen molar-refractivity contribution < 1.29 is 4.79 Å². The number of carbonyl (C=O) groups is 1. The number of aromatic nitrogens is 2. The molecule has 0 aliphatic carbocycles. The molecule has 2 rings (SSSR count). The van der Waals surface area contributed by atoms with Crippen molar-refractivity contribution in [1.82, 2.24) is 10.2 Å². The third-order valence-electron chi connectivity index (χ3n) is 2.93. The Morgan fingerprint density at radius 3 is 2.58 bits per heavy atom. The van der Waals surface area contributed by atoms with Gasteiger partial charge in [-0.05, 0) is 18.4 Å². The molecule has 4 nitrogen and oxygen atoms in total. The van der Waals surface area contributed by atoms with Crippen LogP contribution in [0.3, 0.4) is 0 Å². The molecular weight excluding hydrogens is 258 g/mol. The Kier molecular flexibility index (Phi) is 4.63. The number of aryl methyl sites for hydroxylation is 1. The molecule has 0 saturated carbocycles. The summed E-state index contributed by atoms with van der Waals surface area (Å²) in [4.78, 5) is 12.3. The Hall–Kier alpha value is -1.75. The first-order valence-electron chi connectivity index (χ1n) is 6.42. The Morgan fingerprint density at radius 2 is 2.00 bits per heavy atom. The number of amides is 1. The number of anilines is 1. The van der Waals surface area contributed by atoms with Crippen LogP contribution in [0.2, 0.25) is 0 Å². The summed E-state index contributed by atoms with van der Waals surface area (Å²) in [7, 11) is 0. The summed E-state index contributed by atoms with van der Waals surface area (Å²) in [6, 6.07) is 9.81. The summed E-state index contributed by atoms with van der Waals surface area (Å²) < 4.78 is 0. The van der Waals surface area contributed by atoms with Crippen LogP contribution in [0.25, 0.3) is 0 Å². The minimum Gasteiger partial charge on any atom is -0.300 e. The smallest absolute Gasteiger partial charge is 0.233 e. The van der Waals surface area contributed by atoms with Crippen molar-refractivity contribution in [3.05, 3.63) is 40.9 Å². The molecule has 100 valence electrons. The van der Waals surface area contributed by atoms with E-state index in [9.17, 15) is 4.79 Å². The van der Waals surface area contributed by atoms with Crippen molar-refractivity contribution in [3.63, 3.8) is 0 Å². The number of nitrogens with zero attached hydrogens (tertiary/aromatic N) is 2. The monoisotopic (exact) mass is 275 g/mol. The lowest BCUT2D eigenvalue weighted by atomic mass is 9.96. The lowest BCUT2D eigenvalue weighted by molar-refractivity contribution is -0.117. The molecule has 0 unspecified atom stereocenters. The maximum Gasteiger partial charge on any atom is 0.233 e. The first kappa shape index (κ1) is 13.7. The zero-order valence-electron chi connectivity index (χ0n) is 11.1. The molecule has 0 aliphatic heterocycles. The van der Waals surface area contributed by atoms with E-state index in [1.807, 2.05) is 44.2 Å². The van der Waals surface area contributed by atoms with E-state index in [-0.39, 0.29) is 11.8 Å². The normalized spacial score (nSPS) is 12.1. The van der Waals surface area contributed by atoms with Crippen LogP contribution in [-0.2, 0) is 11.2 Å². The molecule has 1 aromatic heterocycles. The van der Waals surface area contributed by atoms with E-state index in [0.717, 1.165) is 23.4 Å². The summed E-state index contributed by atoms with van der Waals surface area (Å²) in [5, 5.41) is 12.3. The fraction of sp³-hybridized carbons (Fsp3) is 0.357. The second-order valence-electron chi connectivity index (χ2n) is 4.22. The van der Waals surface area contributed by atoms with Crippen LogP contribution >= 0.6 is 11.3 Å². The van der Waals surface area contributed by atoms with Gasteiger partial charge in [0.25, 0.3) is 0 Å². The van der Waals surface area contributed by atoms with Crippen molar-refractivity contribution in [2.75, 3.05) is 5.32 Å². The second kappa shape index (κ2) is 6.43. The van der Waals surface area contributed by atoms with Crippen molar-refractivity contribution in [2.45, 2.75) is 32.6 Å². The zero-order chi connectivity index (χ0) is 13.7. The quantitative estimate of drug-likeness (QED) is 0.911. The highest BCUT2D eigenvalue weighted by atomic mass is 32.1. The number of carbonyl (C=O) groups excluding carboxylic acids is 1. The average molecular weight is 275 g/mol. The van der Waals surface area contributed by atoms with Gasteiger partial charge in [0, 0.05) is 0 Å². The first-order valence-corrected chi connectivity index (χ1v) is 7.24. The number of hydrogen-bond donors (Lipinski definition) is 1. The highest BCUT2D eigenvalue weighted by molar-refractivity contribution is 7.15. The largest absolute Gasteiger partial charge is 0.300 e. The van der Waals surface area contributed by atoms with E-state index < -0.39 is 0 Å². The van der Waals surface area contributed by atoms with Crippen LogP contribution in [0.5, 0.6) is 0 Å². The number of rotatable bonds is 5. The summed E-state index contributed by atoms with van der Waals surface area (Å²) >= 11 is 1.43. The number of hydrogen-bond acceptors (Lipinski definition) is 4. The summed E-state index contributed by atoms with van der Waals surface area (Å²) in [5.74, 6) is -0.164. The average Bonchev–Trinajstić information content (AvgIpc) is 2.88. The van der Waals surface area contributed by atoms with E-state index in [1.165, 1.54) is 11.3 Å². The van der Waals surface area contributed by atoms with Gasteiger partial charge in [-0.15, -0.1) is 10.2 Å². The molecule has 0 spiro atoms. The van der Waals surface area contributed by atoms with Gasteiger partial charge in [-0.3, -0.25) is 10.1 Å². The maximum absolute atomic E-state index is 12.3. The van der Waals surface area contributed by atoms with Gasteiger partial charge in [0.1, 0.15) is 5.01 Å². The van der Waals surface area contributed by atoms with Gasteiger partial charge in [0.2, 0.25) is 11.0 Å². The summed E-state index contributed by atoms with van der Waals surface area (Å²) in [6.07, 6.45) is 1.60. The molecule has 0 bridgehead atoms. The van der Waals surface area contributed by atoms with E-state index >= 15 is 0 Å². The van der Waals surface area contributed by atoms with Crippen molar-refractivity contribution >= 4 is 22.4 Å². The Morgan fingerprint density at radius 1 is 1.26 bits per heavy atom. The molecule has 0 fully saturated rings. The van der Waals surface area contributed by atoms with Gasteiger partial charge < -0.3 is 0 Å². The summed E-state index contributed by atoms with van der Waals surface area (Å²) in [5.41, 5.74) is 1.03. The third kappa shape index (κ3) is 3.38. The standard InChI is InChI=1S/C14H17N3OS/c1-3-11(10-8-6-5-7-9-10)13(18)15-14-17-16-12(4-2)19-14/h5-9,11H,3-4H2,1-2H3,(H,15,17,18)/t11-/m1/s1. The molecule has 0 saturated heterocycles. The molecule has 1 heterocycles. The van der Waals surface area contributed by atoms with Gasteiger partial charge >= 0.3 is 0 Å². The van der Waals surface area contributed by atoms with Gasteiger partial charge in [-0.25, -0.2) is 0 Å². The van der Waals surface area contributed by atoms with Crippen LogP contribution in [-0.4, -0.2) is 16.1 Å². The lowest BCUT2D eigenvalue weighted by Crippen LogP contribution is -2.20. The van der Waals surface area contributed by atoms with Gasteiger partial charge in [-0.2, -0.15) is 0 Å². The molecule has 1 atom stereocenters. The lowest BCUT2D eigenvalue weighted by Gasteiger charge is -2.13. The predicted molar refractivity (Wildman–Crippen MR) is 77.4 cm³/mol. The van der Waals surface area contributed by atoms with Crippen molar-refractivity contribution in [1.29, 1.82) is 0 Å². The molecule has 19 heavy (non-hydrogen) atoms. The molecule has 0 radical (unpaired) electrons. The molecule has 1 aromatic carbocycles. The first-order chi connectivity index (χ1) is 9.24. The topological polar surface area (TPSA) is 54.9 Å². The predicted octanol–water partition coefficient (Wildman–Crippen LogP) is 3.23. The Labute approximate surface area is 116 Å². The SMILES string of the molecule is CCc1nnc(NC(=O)[C@H](CC)c2ccccc2)s1. The maximum atomic E-state index is 12.3. The highest BCUT2D eigenvalue weighted by Gasteiger charge is 2.19. The van der Waals surface area contributed by atoms with E-state index in [2.05, 4.69) is 15.5 Å². The molecule has 2 aromatic rings. The minimum atomic E-state index is -0.143. The highest BCUT2D eigenvalue weighted by Crippen LogP contribution is 2.23. The van der Waals surface area contributed by atoms with Crippen molar-refractivity contribution in [3.8, 4) is 0 Å². The molecule has 0 aliphatic rings. The minimum absolute atomic E-state index is 0.0208. The van der Waals surface area contributed by atoms with E-state index in [0.29, 0.717) is 5.13 Å². The molecule has 1 amide bonds. The molecule has 1 N–H and O–H groups in total. The fourth-order valence-electron chi connectivity index (χ4n) is 1.90. The van der Waals surface area contributed by atoms with Crippen LogP contribution in [0.4, 0.5) is 5.13 Å². The van der Waals surface area contributed by atoms with Gasteiger partial charge in [0.05, 0.1) is 5.92 Å². The van der Waals surface area contributed by atoms with Crippen LogP contribution in [0.15, 0.2) is 30.3 Å². The van der Waals surface area contributed by atoms with Crippen LogP contribution in [0, 0.1) is 0 Å². The Bertz CT molecular complexity index is 539. The van der Waals surface area contributed by atoms with E-state index in [4.69, 9.17) is 0 Å². The zero-order valence-corrected chi connectivity index (χ0v) is 11.9.